The van der Waals surface area contributed by atoms with Gasteiger partial charge in [-0.1, -0.05) is 6.07 Å². The van der Waals surface area contributed by atoms with Crippen molar-refractivity contribution in [1.29, 1.82) is 0 Å². The van der Waals surface area contributed by atoms with Crippen molar-refractivity contribution in [3.8, 4) is 17.2 Å². The first kappa shape index (κ1) is 16.6. The molecule has 26 heavy (non-hydrogen) atoms. The predicted molar refractivity (Wildman–Crippen MR) is 98.4 cm³/mol. The summed E-state index contributed by atoms with van der Waals surface area (Å²) in [6.07, 6.45) is 0. The fourth-order valence-corrected chi connectivity index (χ4v) is 3.41. The summed E-state index contributed by atoms with van der Waals surface area (Å²) in [7, 11) is 1.69. The number of carbonyl (C=O) groups is 1. The van der Waals surface area contributed by atoms with Crippen LogP contribution in [0.1, 0.15) is 15.9 Å². The van der Waals surface area contributed by atoms with E-state index in [1.807, 2.05) is 17.0 Å². The molecule has 2 aromatic carbocycles. The number of hydrogen-bond acceptors (Lipinski definition) is 5. The molecule has 4 rings (SSSR count). The average Bonchev–Trinajstić information content (AvgIpc) is 3.15. The van der Waals surface area contributed by atoms with Crippen LogP contribution in [0.2, 0.25) is 0 Å². The van der Waals surface area contributed by atoms with E-state index in [9.17, 15) is 4.79 Å². The molecule has 1 fully saturated rings. The SMILES string of the molecule is COc1ccc(C)cc1N1CCN(C(=O)c2ccc3c(c2)OCO3)CC1. The van der Waals surface area contributed by atoms with Crippen LogP contribution >= 0.6 is 0 Å². The molecule has 0 spiro atoms. The second-order valence-corrected chi connectivity index (χ2v) is 6.52. The quantitative estimate of drug-likeness (QED) is 0.848. The molecule has 1 amide bonds. The van der Waals surface area contributed by atoms with Gasteiger partial charge in [0.15, 0.2) is 11.5 Å². The average molecular weight is 354 g/mol. The summed E-state index contributed by atoms with van der Waals surface area (Å²) in [4.78, 5) is 17.0. The second kappa shape index (κ2) is 6.78. The molecule has 2 aliphatic heterocycles. The number of hydrogen-bond donors (Lipinski definition) is 0. The highest BCUT2D eigenvalue weighted by Crippen LogP contribution is 2.33. The zero-order valence-electron chi connectivity index (χ0n) is 15.0. The van der Waals surface area contributed by atoms with Gasteiger partial charge in [0.1, 0.15) is 5.75 Å². The highest BCUT2D eigenvalue weighted by Gasteiger charge is 2.25. The van der Waals surface area contributed by atoms with E-state index in [0.717, 1.165) is 24.5 Å². The highest BCUT2D eigenvalue weighted by atomic mass is 16.7. The maximum absolute atomic E-state index is 12.8. The number of rotatable bonds is 3. The predicted octanol–water partition coefficient (Wildman–Crippen LogP) is 2.69. The standard InChI is InChI=1S/C20H22N2O4/c1-14-3-5-17(24-2)16(11-14)21-7-9-22(10-8-21)20(23)15-4-6-18-19(12-15)26-13-25-18/h3-6,11-12H,7-10,13H2,1-2H3. The Hall–Kier alpha value is -2.89. The molecule has 0 bridgehead atoms. The number of methoxy groups -OCH3 is 1. The minimum absolute atomic E-state index is 0.0270. The van der Waals surface area contributed by atoms with Crippen molar-refractivity contribution >= 4 is 11.6 Å². The Labute approximate surface area is 152 Å². The summed E-state index contributed by atoms with van der Waals surface area (Å²) in [5.41, 5.74) is 2.91. The number of anilines is 1. The zero-order valence-corrected chi connectivity index (χ0v) is 15.0. The molecule has 1 saturated heterocycles. The Bertz CT molecular complexity index is 829. The van der Waals surface area contributed by atoms with E-state index in [-0.39, 0.29) is 12.7 Å². The van der Waals surface area contributed by atoms with Gasteiger partial charge in [-0.05, 0) is 42.8 Å². The summed E-state index contributed by atoms with van der Waals surface area (Å²) in [6, 6.07) is 11.5. The van der Waals surface area contributed by atoms with Crippen LogP contribution < -0.4 is 19.1 Å². The molecule has 0 aromatic heterocycles. The first-order valence-electron chi connectivity index (χ1n) is 8.74. The minimum Gasteiger partial charge on any atom is -0.495 e. The summed E-state index contributed by atoms with van der Waals surface area (Å²) < 4.78 is 16.2. The largest absolute Gasteiger partial charge is 0.495 e. The summed E-state index contributed by atoms with van der Waals surface area (Å²) in [5, 5.41) is 0. The lowest BCUT2D eigenvalue weighted by Gasteiger charge is -2.36. The van der Waals surface area contributed by atoms with Gasteiger partial charge >= 0.3 is 0 Å². The molecule has 0 atom stereocenters. The normalized spacial score (nSPS) is 15.9. The third kappa shape index (κ3) is 3.03. The number of fused-ring (bicyclic) bond motifs is 1. The van der Waals surface area contributed by atoms with Crippen molar-refractivity contribution in [2.24, 2.45) is 0 Å². The van der Waals surface area contributed by atoms with Crippen LogP contribution in [0.4, 0.5) is 5.69 Å². The van der Waals surface area contributed by atoms with Gasteiger partial charge in [-0.3, -0.25) is 4.79 Å². The first-order chi connectivity index (χ1) is 12.7. The van der Waals surface area contributed by atoms with Crippen molar-refractivity contribution in [2.45, 2.75) is 6.92 Å². The van der Waals surface area contributed by atoms with Gasteiger partial charge in [0.2, 0.25) is 6.79 Å². The Kier molecular flexibility index (Phi) is 4.32. The fraction of sp³-hybridized carbons (Fsp3) is 0.350. The maximum Gasteiger partial charge on any atom is 0.254 e. The molecule has 0 saturated carbocycles. The van der Waals surface area contributed by atoms with Crippen LogP contribution in [0.3, 0.4) is 0 Å². The monoisotopic (exact) mass is 354 g/mol. The maximum atomic E-state index is 12.8. The number of nitrogens with zero attached hydrogens (tertiary/aromatic N) is 2. The van der Waals surface area contributed by atoms with E-state index < -0.39 is 0 Å². The third-order valence-electron chi connectivity index (χ3n) is 4.86. The van der Waals surface area contributed by atoms with Crippen molar-refractivity contribution in [2.75, 3.05) is 45.0 Å². The summed E-state index contributed by atoms with van der Waals surface area (Å²) in [5.74, 6) is 2.22. The zero-order chi connectivity index (χ0) is 18.1. The van der Waals surface area contributed by atoms with Crippen molar-refractivity contribution in [3.63, 3.8) is 0 Å². The minimum atomic E-state index is 0.0270. The fourth-order valence-electron chi connectivity index (χ4n) is 3.41. The Balaban J connectivity index is 1.45. The highest BCUT2D eigenvalue weighted by molar-refractivity contribution is 5.95. The lowest BCUT2D eigenvalue weighted by molar-refractivity contribution is 0.0746. The Morgan fingerprint density at radius 1 is 1.00 bits per heavy atom. The molecular formula is C20H22N2O4. The van der Waals surface area contributed by atoms with Gasteiger partial charge in [-0.15, -0.1) is 0 Å². The van der Waals surface area contributed by atoms with Crippen LogP contribution in [0.5, 0.6) is 17.2 Å². The van der Waals surface area contributed by atoms with Crippen molar-refractivity contribution in [3.05, 3.63) is 47.5 Å². The van der Waals surface area contributed by atoms with Gasteiger partial charge < -0.3 is 24.0 Å². The van der Waals surface area contributed by atoms with E-state index in [4.69, 9.17) is 14.2 Å². The Morgan fingerprint density at radius 3 is 2.54 bits per heavy atom. The van der Waals surface area contributed by atoms with Gasteiger partial charge in [0.25, 0.3) is 5.91 Å². The lowest BCUT2D eigenvalue weighted by atomic mass is 10.1. The summed E-state index contributed by atoms with van der Waals surface area (Å²) >= 11 is 0. The number of benzene rings is 2. The van der Waals surface area contributed by atoms with Crippen LogP contribution in [-0.4, -0.2) is 50.9 Å². The molecule has 2 aliphatic rings. The van der Waals surface area contributed by atoms with Gasteiger partial charge in [0.05, 0.1) is 12.8 Å². The van der Waals surface area contributed by atoms with E-state index in [0.29, 0.717) is 30.2 Å². The molecular weight excluding hydrogens is 332 g/mol. The van der Waals surface area contributed by atoms with Crippen LogP contribution in [0, 0.1) is 6.92 Å². The number of ether oxygens (including phenoxy) is 3. The van der Waals surface area contributed by atoms with Gasteiger partial charge in [-0.25, -0.2) is 0 Å². The van der Waals surface area contributed by atoms with Crippen LogP contribution in [0.25, 0.3) is 0 Å². The number of aryl methyl sites for hydroxylation is 1. The number of piperazine rings is 1. The molecule has 0 radical (unpaired) electrons. The molecule has 6 nitrogen and oxygen atoms in total. The molecule has 0 N–H and O–H groups in total. The van der Waals surface area contributed by atoms with Gasteiger partial charge in [-0.2, -0.15) is 0 Å². The lowest BCUT2D eigenvalue weighted by Crippen LogP contribution is -2.48. The van der Waals surface area contributed by atoms with Crippen molar-refractivity contribution < 1.29 is 19.0 Å². The first-order valence-corrected chi connectivity index (χ1v) is 8.74. The topological polar surface area (TPSA) is 51.2 Å². The summed E-state index contributed by atoms with van der Waals surface area (Å²) in [6.45, 7) is 5.17. The van der Waals surface area contributed by atoms with E-state index in [2.05, 4.69) is 17.9 Å². The third-order valence-corrected chi connectivity index (χ3v) is 4.86. The molecule has 6 heteroatoms. The molecule has 2 heterocycles. The number of amides is 1. The smallest absolute Gasteiger partial charge is 0.254 e. The van der Waals surface area contributed by atoms with Gasteiger partial charge in [0, 0.05) is 31.7 Å². The van der Waals surface area contributed by atoms with E-state index in [1.165, 1.54) is 5.56 Å². The van der Waals surface area contributed by atoms with E-state index in [1.54, 1.807) is 25.3 Å². The van der Waals surface area contributed by atoms with Crippen LogP contribution in [-0.2, 0) is 0 Å². The number of carbonyl (C=O) groups excluding carboxylic acids is 1. The molecule has 136 valence electrons. The molecule has 0 aliphatic carbocycles. The van der Waals surface area contributed by atoms with Crippen LogP contribution in [0.15, 0.2) is 36.4 Å². The Morgan fingerprint density at radius 2 is 1.77 bits per heavy atom. The molecule has 0 unspecified atom stereocenters. The second-order valence-electron chi connectivity index (χ2n) is 6.52. The molecule has 2 aromatic rings. The van der Waals surface area contributed by atoms with E-state index >= 15 is 0 Å². The van der Waals surface area contributed by atoms with Crippen molar-refractivity contribution in [1.82, 2.24) is 4.90 Å².